The normalized spacial score (nSPS) is 28.7. The van der Waals surface area contributed by atoms with E-state index in [1.54, 1.807) is 5.57 Å². The van der Waals surface area contributed by atoms with Crippen LogP contribution < -0.4 is 5.32 Å². The van der Waals surface area contributed by atoms with Gasteiger partial charge in [0.1, 0.15) is 0 Å². The lowest BCUT2D eigenvalue weighted by molar-refractivity contribution is 0.168. The van der Waals surface area contributed by atoms with E-state index in [4.69, 9.17) is 4.74 Å². The largest absolute Gasteiger partial charge is 0.379 e. The third kappa shape index (κ3) is 4.31. The summed E-state index contributed by atoms with van der Waals surface area (Å²) in [6, 6.07) is 0.558. The van der Waals surface area contributed by atoms with Crippen molar-refractivity contribution in [2.75, 3.05) is 39.4 Å². The molecule has 3 nitrogen and oxygen atoms in total. The summed E-state index contributed by atoms with van der Waals surface area (Å²) in [6.07, 6.45) is 4.88. The highest BCUT2D eigenvalue weighted by atomic mass is 16.5. The molecular formula is C17H32N2O. The molecule has 0 bridgehead atoms. The number of ether oxygens (including phenoxy) is 1. The van der Waals surface area contributed by atoms with Gasteiger partial charge < -0.3 is 10.1 Å². The molecule has 1 N–H and O–H groups in total. The van der Waals surface area contributed by atoms with Crippen LogP contribution in [0.5, 0.6) is 0 Å². The van der Waals surface area contributed by atoms with Crippen molar-refractivity contribution in [2.45, 2.75) is 46.6 Å². The van der Waals surface area contributed by atoms with E-state index < -0.39 is 0 Å². The molecule has 0 aliphatic carbocycles. The minimum atomic E-state index is 0.341. The summed E-state index contributed by atoms with van der Waals surface area (Å²) >= 11 is 0. The topological polar surface area (TPSA) is 24.5 Å². The van der Waals surface area contributed by atoms with Crippen LogP contribution in [-0.2, 0) is 4.74 Å². The Hall–Kier alpha value is -0.380. The Balaban J connectivity index is 1.81. The molecule has 0 saturated carbocycles. The summed E-state index contributed by atoms with van der Waals surface area (Å²) < 4.78 is 5.68. The van der Waals surface area contributed by atoms with Crippen LogP contribution in [0.4, 0.5) is 0 Å². The molecule has 2 heterocycles. The Morgan fingerprint density at radius 1 is 1.35 bits per heavy atom. The molecule has 2 aliphatic rings. The predicted molar refractivity (Wildman–Crippen MR) is 85.0 cm³/mol. The van der Waals surface area contributed by atoms with Crippen LogP contribution in [0, 0.1) is 11.3 Å². The van der Waals surface area contributed by atoms with Gasteiger partial charge in [-0.15, -0.1) is 0 Å². The van der Waals surface area contributed by atoms with Crippen molar-refractivity contribution in [3.05, 3.63) is 11.6 Å². The fourth-order valence-corrected chi connectivity index (χ4v) is 3.22. The van der Waals surface area contributed by atoms with Crippen molar-refractivity contribution >= 4 is 0 Å². The highest BCUT2D eigenvalue weighted by Gasteiger charge is 2.30. The van der Waals surface area contributed by atoms with Gasteiger partial charge in [0.15, 0.2) is 0 Å². The molecule has 0 aromatic carbocycles. The van der Waals surface area contributed by atoms with Gasteiger partial charge in [0, 0.05) is 31.6 Å². The first kappa shape index (κ1) is 16.0. The van der Waals surface area contributed by atoms with Crippen molar-refractivity contribution in [3.8, 4) is 0 Å². The van der Waals surface area contributed by atoms with Gasteiger partial charge >= 0.3 is 0 Å². The summed E-state index contributed by atoms with van der Waals surface area (Å²) in [5.41, 5.74) is 1.96. The summed E-state index contributed by atoms with van der Waals surface area (Å²) in [7, 11) is 0. The van der Waals surface area contributed by atoms with Gasteiger partial charge in [-0.3, -0.25) is 4.90 Å². The third-order valence-electron chi connectivity index (χ3n) is 4.60. The lowest BCUT2D eigenvalue weighted by Gasteiger charge is -2.34. The second-order valence-electron chi connectivity index (χ2n) is 7.35. The second kappa shape index (κ2) is 7.06. The van der Waals surface area contributed by atoms with E-state index in [0.29, 0.717) is 17.4 Å². The SMILES string of the molecule is CCCNC1COCC1CN1CC=C(C(C)(C)C)CC1. The number of nitrogens with zero attached hydrogens (tertiary/aromatic N) is 1. The zero-order valence-corrected chi connectivity index (χ0v) is 13.7. The Kier molecular flexibility index (Phi) is 5.65. The Morgan fingerprint density at radius 2 is 2.15 bits per heavy atom. The maximum absolute atomic E-state index is 5.68. The quantitative estimate of drug-likeness (QED) is 0.784. The minimum Gasteiger partial charge on any atom is -0.379 e. The zero-order chi connectivity index (χ0) is 14.6. The first-order valence-corrected chi connectivity index (χ1v) is 8.23. The van der Waals surface area contributed by atoms with Crippen LogP contribution in [0.3, 0.4) is 0 Å². The van der Waals surface area contributed by atoms with Gasteiger partial charge in [0.2, 0.25) is 0 Å². The fourth-order valence-electron chi connectivity index (χ4n) is 3.22. The van der Waals surface area contributed by atoms with Gasteiger partial charge in [-0.1, -0.05) is 39.3 Å². The molecule has 2 unspecified atom stereocenters. The molecule has 0 radical (unpaired) electrons. The number of hydrogen-bond acceptors (Lipinski definition) is 3. The van der Waals surface area contributed by atoms with Crippen molar-refractivity contribution in [2.24, 2.45) is 11.3 Å². The van der Waals surface area contributed by atoms with Gasteiger partial charge in [-0.2, -0.15) is 0 Å². The van der Waals surface area contributed by atoms with Crippen LogP contribution in [0.25, 0.3) is 0 Å². The van der Waals surface area contributed by atoms with Crippen molar-refractivity contribution in [1.82, 2.24) is 10.2 Å². The first-order chi connectivity index (χ1) is 9.50. The van der Waals surface area contributed by atoms with Crippen molar-refractivity contribution < 1.29 is 4.74 Å². The molecule has 2 aliphatic heterocycles. The van der Waals surface area contributed by atoms with Gasteiger partial charge in [0.25, 0.3) is 0 Å². The van der Waals surface area contributed by atoms with E-state index in [1.807, 2.05) is 0 Å². The minimum absolute atomic E-state index is 0.341. The molecule has 1 fully saturated rings. The molecule has 116 valence electrons. The van der Waals surface area contributed by atoms with Gasteiger partial charge in [0.05, 0.1) is 13.2 Å². The molecular weight excluding hydrogens is 248 g/mol. The van der Waals surface area contributed by atoms with Crippen molar-refractivity contribution in [1.29, 1.82) is 0 Å². The molecule has 0 amide bonds. The summed E-state index contributed by atoms with van der Waals surface area (Å²) in [4.78, 5) is 2.59. The molecule has 0 aromatic rings. The van der Waals surface area contributed by atoms with Crippen molar-refractivity contribution in [3.63, 3.8) is 0 Å². The van der Waals surface area contributed by atoms with Crippen LogP contribution in [0.2, 0.25) is 0 Å². The summed E-state index contributed by atoms with van der Waals surface area (Å²) in [6.45, 7) is 15.6. The standard InChI is InChI=1S/C17H32N2O/c1-5-8-18-16-13-20-12-14(16)11-19-9-6-15(7-10-19)17(2,3)4/h6,14,16,18H,5,7-13H2,1-4H3. The molecule has 0 spiro atoms. The van der Waals surface area contributed by atoms with E-state index >= 15 is 0 Å². The Labute approximate surface area is 124 Å². The van der Waals surface area contributed by atoms with Gasteiger partial charge in [-0.25, -0.2) is 0 Å². The molecule has 0 aromatic heterocycles. The van der Waals surface area contributed by atoms with E-state index in [0.717, 1.165) is 26.3 Å². The summed E-state index contributed by atoms with van der Waals surface area (Å²) in [5.74, 6) is 0.658. The first-order valence-electron chi connectivity index (χ1n) is 8.23. The molecule has 2 rings (SSSR count). The van der Waals surface area contributed by atoms with E-state index in [-0.39, 0.29) is 0 Å². The number of rotatable bonds is 5. The fraction of sp³-hybridized carbons (Fsp3) is 0.882. The third-order valence-corrected chi connectivity index (χ3v) is 4.60. The molecule has 1 saturated heterocycles. The monoisotopic (exact) mass is 280 g/mol. The van der Waals surface area contributed by atoms with Crippen LogP contribution in [-0.4, -0.2) is 50.3 Å². The lowest BCUT2D eigenvalue weighted by Crippen LogP contribution is -2.43. The van der Waals surface area contributed by atoms with E-state index in [2.05, 4.69) is 44.0 Å². The summed E-state index contributed by atoms with van der Waals surface area (Å²) in [5, 5.41) is 3.64. The smallest absolute Gasteiger partial charge is 0.0623 e. The predicted octanol–water partition coefficient (Wildman–Crippen LogP) is 2.68. The van der Waals surface area contributed by atoms with E-state index in [9.17, 15) is 0 Å². The Morgan fingerprint density at radius 3 is 2.75 bits per heavy atom. The Bertz CT molecular complexity index is 332. The zero-order valence-electron chi connectivity index (χ0n) is 13.7. The number of nitrogens with one attached hydrogen (secondary N) is 1. The average molecular weight is 280 g/mol. The second-order valence-corrected chi connectivity index (χ2v) is 7.35. The highest BCUT2D eigenvalue weighted by Crippen LogP contribution is 2.30. The number of hydrogen-bond donors (Lipinski definition) is 1. The maximum atomic E-state index is 5.68. The lowest BCUT2D eigenvalue weighted by atomic mass is 9.83. The molecule has 2 atom stereocenters. The van der Waals surface area contributed by atoms with Crippen LogP contribution >= 0.6 is 0 Å². The maximum Gasteiger partial charge on any atom is 0.0623 e. The van der Waals surface area contributed by atoms with Gasteiger partial charge in [-0.05, 0) is 24.8 Å². The van der Waals surface area contributed by atoms with Crippen LogP contribution in [0.15, 0.2) is 11.6 Å². The van der Waals surface area contributed by atoms with Crippen LogP contribution in [0.1, 0.15) is 40.5 Å². The average Bonchev–Trinajstić information content (AvgIpc) is 2.83. The molecule has 20 heavy (non-hydrogen) atoms. The highest BCUT2D eigenvalue weighted by molar-refractivity contribution is 5.14. The van der Waals surface area contributed by atoms with E-state index in [1.165, 1.54) is 25.9 Å². The molecule has 3 heteroatoms.